The molecule has 1 unspecified atom stereocenters. The summed E-state index contributed by atoms with van der Waals surface area (Å²) in [5, 5.41) is 7.68. The van der Waals surface area contributed by atoms with Crippen LogP contribution in [-0.4, -0.2) is 21.3 Å². The van der Waals surface area contributed by atoms with Gasteiger partial charge in [-0.2, -0.15) is 5.10 Å². The van der Waals surface area contributed by atoms with Crippen molar-refractivity contribution in [2.75, 3.05) is 6.54 Å². The van der Waals surface area contributed by atoms with Crippen molar-refractivity contribution in [2.24, 2.45) is 5.92 Å². The second-order valence-electron chi connectivity index (χ2n) is 5.44. The summed E-state index contributed by atoms with van der Waals surface area (Å²) in [4.78, 5) is 3.99. The molecule has 108 valence electrons. The minimum Gasteiger partial charge on any atom is -0.313 e. The molecule has 20 heavy (non-hydrogen) atoms. The summed E-state index contributed by atoms with van der Waals surface area (Å²) >= 11 is 0. The zero-order chi connectivity index (χ0) is 14.4. The Bertz CT molecular complexity index is 519. The van der Waals surface area contributed by atoms with Crippen LogP contribution in [0.4, 0.5) is 0 Å². The maximum Gasteiger partial charge on any atom is 0.138 e. The van der Waals surface area contributed by atoms with E-state index in [-0.39, 0.29) is 0 Å². The van der Waals surface area contributed by atoms with E-state index in [1.165, 1.54) is 24.0 Å². The fourth-order valence-corrected chi connectivity index (χ4v) is 2.20. The number of nitrogens with one attached hydrogen (secondary N) is 1. The van der Waals surface area contributed by atoms with Gasteiger partial charge in [0.2, 0.25) is 0 Å². The van der Waals surface area contributed by atoms with Gasteiger partial charge in [0.25, 0.3) is 0 Å². The van der Waals surface area contributed by atoms with Gasteiger partial charge in [-0.3, -0.25) is 0 Å². The zero-order valence-corrected chi connectivity index (χ0v) is 12.6. The molecule has 4 nitrogen and oxygen atoms in total. The third-order valence-electron chi connectivity index (χ3n) is 3.77. The van der Waals surface area contributed by atoms with Gasteiger partial charge in [-0.1, -0.05) is 32.4 Å². The Balaban J connectivity index is 1.89. The Hall–Kier alpha value is -1.68. The lowest BCUT2D eigenvalue weighted by Crippen LogP contribution is -2.17. The predicted octanol–water partition coefficient (Wildman–Crippen LogP) is 3.10. The normalized spacial score (nSPS) is 12.6. The first-order valence-electron chi connectivity index (χ1n) is 7.36. The maximum atomic E-state index is 4.17. The first-order valence-corrected chi connectivity index (χ1v) is 7.36. The molecule has 2 rings (SSSR count). The van der Waals surface area contributed by atoms with Gasteiger partial charge >= 0.3 is 0 Å². The van der Waals surface area contributed by atoms with Gasteiger partial charge in [-0.05, 0) is 43.0 Å². The first kappa shape index (κ1) is 14.7. The number of rotatable bonds is 7. The second-order valence-corrected chi connectivity index (χ2v) is 5.44. The molecule has 0 spiro atoms. The third kappa shape index (κ3) is 3.90. The monoisotopic (exact) mass is 272 g/mol. The number of nitrogens with zero attached hydrogens (tertiary/aromatic N) is 3. The minimum atomic E-state index is 0.805. The summed E-state index contributed by atoms with van der Waals surface area (Å²) in [6.45, 7) is 8.67. The molecule has 2 aromatic rings. The molecule has 0 saturated heterocycles. The maximum absolute atomic E-state index is 4.17. The molecule has 1 aromatic heterocycles. The standard InChI is InChI=1S/C16H24N4/c1-4-13(2)7-8-17-10-15-5-6-16(14(3)9-15)20-12-18-11-19-20/h5-6,9,11-13,17H,4,7-8,10H2,1-3H3. The Morgan fingerprint density at radius 3 is 2.85 bits per heavy atom. The molecular weight excluding hydrogens is 248 g/mol. The van der Waals surface area contributed by atoms with Gasteiger partial charge in [-0.25, -0.2) is 9.67 Å². The highest BCUT2D eigenvalue weighted by Gasteiger charge is 2.03. The highest BCUT2D eigenvalue weighted by molar-refractivity contribution is 5.41. The SMILES string of the molecule is CCC(C)CCNCc1ccc(-n2cncn2)c(C)c1. The molecular formula is C16H24N4. The number of hydrogen-bond donors (Lipinski definition) is 1. The van der Waals surface area contributed by atoms with Crippen LogP contribution in [0.15, 0.2) is 30.9 Å². The number of aromatic nitrogens is 3. The van der Waals surface area contributed by atoms with Gasteiger partial charge < -0.3 is 5.32 Å². The highest BCUT2D eigenvalue weighted by atomic mass is 15.3. The van der Waals surface area contributed by atoms with E-state index in [0.717, 1.165) is 24.7 Å². The van der Waals surface area contributed by atoms with E-state index in [9.17, 15) is 0 Å². The fourth-order valence-electron chi connectivity index (χ4n) is 2.20. The lowest BCUT2D eigenvalue weighted by atomic mass is 10.1. The van der Waals surface area contributed by atoms with Crippen molar-refractivity contribution >= 4 is 0 Å². The topological polar surface area (TPSA) is 42.7 Å². The van der Waals surface area contributed by atoms with Crippen molar-refractivity contribution in [2.45, 2.75) is 40.2 Å². The first-order chi connectivity index (χ1) is 9.70. The summed E-state index contributed by atoms with van der Waals surface area (Å²) in [6.07, 6.45) is 5.79. The lowest BCUT2D eigenvalue weighted by molar-refractivity contribution is 0.488. The molecule has 0 aliphatic heterocycles. The molecule has 0 radical (unpaired) electrons. The minimum absolute atomic E-state index is 0.805. The van der Waals surface area contributed by atoms with Crippen LogP contribution in [0.5, 0.6) is 0 Å². The number of hydrogen-bond acceptors (Lipinski definition) is 3. The van der Waals surface area contributed by atoms with Crippen LogP contribution < -0.4 is 5.32 Å². The van der Waals surface area contributed by atoms with E-state index in [0.29, 0.717) is 0 Å². The average Bonchev–Trinajstić information content (AvgIpc) is 2.97. The van der Waals surface area contributed by atoms with Crippen molar-refractivity contribution in [3.05, 3.63) is 42.0 Å². The van der Waals surface area contributed by atoms with Crippen molar-refractivity contribution in [1.29, 1.82) is 0 Å². The molecule has 1 N–H and O–H groups in total. The molecule has 0 bridgehead atoms. The van der Waals surface area contributed by atoms with Gasteiger partial charge in [0, 0.05) is 6.54 Å². The van der Waals surface area contributed by atoms with Gasteiger partial charge in [-0.15, -0.1) is 0 Å². The lowest BCUT2D eigenvalue weighted by Gasteiger charge is -2.11. The fraction of sp³-hybridized carbons (Fsp3) is 0.500. The summed E-state index contributed by atoms with van der Waals surface area (Å²) in [5.41, 5.74) is 3.62. The smallest absolute Gasteiger partial charge is 0.138 e. The quantitative estimate of drug-likeness (QED) is 0.788. The third-order valence-corrected chi connectivity index (χ3v) is 3.77. The van der Waals surface area contributed by atoms with E-state index in [1.54, 1.807) is 17.3 Å². The summed E-state index contributed by atoms with van der Waals surface area (Å²) in [5.74, 6) is 0.805. The molecule has 1 heterocycles. The largest absolute Gasteiger partial charge is 0.313 e. The Labute approximate surface area is 121 Å². The van der Waals surface area contributed by atoms with Crippen LogP contribution in [-0.2, 0) is 6.54 Å². The number of aryl methyl sites for hydroxylation is 1. The Morgan fingerprint density at radius 1 is 1.35 bits per heavy atom. The van der Waals surface area contributed by atoms with Crippen LogP contribution >= 0.6 is 0 Å². The van der Waals surface area contributed by atoms with Crippen LogP contribution in [0.1, 0.15) is 37.8 Å². The van der Waals surface area contributed by atoms with Crippen molar-refractivity contribution < 1.29 is 0 Å². The van der Waals surface area contributed by atoms with E-state index >= 15 is 0 Å². The van der Waals surface area contributed by atoms with E-state index < -0.39 is 0 Å². The van der Waals surface area contributed by atoms with Crippen LogP contribution in [0.25, 0.3) is 5.69 Å². The van der Waals surface area contributed by atoms with E-state index in [2.05, 4.69) is 54.4 Å². The van der Waals surface area contributed by atoms with E-state index in [4.69, 9.17) is 0 Å². The molecule has 0 aliphatic rings. The molecule has 0 saturated carbocycles. The molecule has 4 heteroatoms. The van der Waals surface area contributed by atoms with Crippen LogP contribution in [0.3, 0.4) is 0 Å². The van der Waals surface area contributed by atoms with Crippen molar-refractivity contribution in [3.8, 4) is 5.69 Å². The molecule has 1 aromatic carbocycles. The van der Waals surface area contributed by atoms with Crippen molar-refractivity contribution in [3.63, 3.8) is 0 Å². The van der Waals surface area contributed by atoms with Crippen LogP contribution in [0, 0.1) is 12.8 Å². The molecule has 0 amide bonds. The van der Waals surface area contributed by atoms with Gasteiger partial charge in [0.05, 0.1) is 5.69 Å². The highest BCUT2D eigenvalue weighted by Crippen LogP contribution is 2.14. The van der Waals surface area contributed by atoms with Gasteiger partial charge in [0.15, 0.2) is 0 Å². The number of benzene rings is 1. The summed E-state index contributed by atoms with van der Waals surface area (Å²) in [7, 11) is 0. The van der Waals surface area contributed by atoms with E-state index in [1.807, 2.05) is 0 Å². The predicted molar refractivity (Wildman–Crippen MR) is 81.9 cm³/mol. The second kappa shape index (κ2) is 7.20. The Morgan fingerprint density at radius 2 is 2.20 bits per heavy atom. The van der Waals surface area contributed by atoms with Crippen LogP contribution in [0.2, 0.25) is 0 Å². The summed E-state index contributed by atoms with van der Waals surface area (Å²) in [6, 6.07) is 6.48. The summed E-state index contributed by atoms with van der Waals surface area (Å²) < 4.78 is 1.80. The molecule has 1 atom stereocenters. The van der Waals surface area contributed by atoms with Crippen molar-refractivity contribution in [1.82, 2.24) is 20.1 Å². The Kier molecular flexibility index (Phi) is 5.30. The molecule has 0 fully saturated rings. The van der Waals surface area contributed by atoms with Gasteiger partial charge in [0.1, 0.15) is 12.7 Å². The zero-order valence-electron chi connectivity index (χ0n) is 12.6. The average molecular weight is 272 g/mol. The molecule has 0 aliphatic carbocycles.